The molecule has 1 rings (SSSR count). The molecule has 4 nitrogen and oxygen atoms in total. The summed E-state index contributed by atoms with van der Waals surface area (Å²) < 4.78 is 53.1. The molecule has 0 aliphatic carbocycles. The molecule has 1 aromatic rings. The number of nitrogens with one attached hydrogen (secondary N) is 1. The maximum Gasteiger partial charge on any atom is 0.340 e. The Balaban J connectivity index is 2.62. The van der Waals surface area contributed by atoms with Crippen LogP contribution in [0.5, 0.6) is 5.88 Å². The third kappa shape index (κ3) is 3.57. The van der Waals surface area contributed by atoms with E-state index in [-0.39, 0.29) is 11.4 Å². The van der Waals surface area contributed by atoms with Gasteiger partial charge in [-0.1, -0.05) is 0 Å². The van der Waals surface area contributed by atoms with Crippen LogP contribution in [0.25, 0.3) is 0 Å². The van der Waals surface area contributed by atoms with Gasteiger partial charge in [0.15, 0.2) is 6.61 Å². The summed E-state index contributed by atoms with van der Waals surface area (Å²) in [6, 6.07) is 2.42. The van der Waals surface area contributed by atoms with Crippen LogP contribution < -0.4 is 10.1 Å². The molecule has 0 saturated heterocycles. The zero-order valence-corrected chi connectivity index (χ0v) is 9.29. The van der Waals surface area contributed by atoms with Crippen LogP contribution >= 0.6 is 0 Å². The number of pyridine rings is 1. The fourth-order valence-electron chi connectivity index (χ4n) is 0.977. The average molecular weight is 266 g/mol. The smallest absolute Gasteiger partial charge is 0.340 e. The first kappa shape index (κ1) is 14.2. The van der Waals surface area contributed by atoms with Gasteiger partial charge in [0.05, 0.1) is 5.56 Å². The second-order valence-corrected chi connectivity index (χ2v) is 3.31. The molecule has 0 atom stereocenters. The van der Waals surface area contributed by atoms with Crippen LogP contribution in [-0.4, -0.2) is 36.9 Å². The molecule has 0 aliphatic rings. The summed E-state index contributed by atoms with van der Waals surface area (Å²) >= 11 is 0. The van der Waals surface area contributed by atoms with Gasteiger partial charge in [0, 0.05) is 19.3 Å². The van der Waals surface area contributed by atoms with Gasteiger partial charge in [0.1, 0.15) is 0 Å². The molecular weight excluding hydrogens is 256 g/mol. The SMILES string of the molecule is CNC(=O)c1ccc(OCC(F)(F)C(F)F)nc1. The predicted octanol–water partition coefficient (Wildman–Crippen LogP) is 1.72. The van der Waals surface area contributed by atoms with E-state index in [0.29, 0.717) is 0 Å². The number of halogens is 4. The zero-order chi connectivity index (χ0) is 13.8. The molecule has 0 bridgehead atoms. The van der Waals surface area contributed by atoms with Crippen LogP contribution in [0.4, 0.5) is 17.6 Å². The van der Waals surface area contributed by atoms with Crippen molar-refractivity contribution in [1.29, 1.82) is 0 Å². The predicted molar refractivity (Wildman–Crippen MR) is 54.1 cm³/mol. The van der Waals surface area contributed by atoms with Crippen molar-refractivity contribution >= 4 is 5.91 Å². The number of carbonyl (C=O) groups excluding carboxylic acids is 1. The van der Waals surface area contributed by atoms with E-state index in [1.165, 1.54) is 13.1 Å². The highest BCUT2D eigenvalue weighted by molar-refractivity contribution is 5.93. The number of amides is 1. The lowest BCUT2D eigenvalue weighted by Gasteiger charge is -2.15. The Morgan fingerprint density at radius 2 is 2.17 bits per heavy atom. The van der Waals surface area contributed by atoms with Crippen molar-refractivity contribution in [3.63, 3.8) is 0 Å². The second-order valence-electron chi connectivity index (χ2n) is 3.31. The normalized spacial score (nSPS) is 11.4. The van der Waals surface area contributed by atoms with E-state index in [0.717, 1.165) is 12.3 Å². The highest BCUT2D eigenvalue weighted by Gasteiger charge is 2.41. The van der Waals surface area contributed by atoms with Crippen LogP contribution in [0.3, 0.4) is 0 Å². The summed E-state index contributed by atoms with van der Waals surface area (Å²) in [6.45, 7) is -1.48. The Morgan fingerprint density at radius 1 is 1.50 bits per heavy atom. The quantitative estimate of drug-likeness (QED) is 0.825. The Morgan fingerprint density at radius 3 is 2.61 bits per heavy atom. The third-order valence-corrected chi connectivity index (χ3v) is 1.96. The van der Waals surface area contributed by atoms with Crippen molar-refractivity contribution in [1.82, 2.24) is 10.3 Å². The molecule has 18 heavy (non-hydrogen) atoms. The second kappa shape index (κ2) is 5.65. The summed E-state index contributed by atoms with van der Waals surface area (Å²) in [4.78, 5) is 14.7. The number of rotatable bonds is 5. The molecule has 0 aliphatic heterocycles. The number of nitrogens with zero attached hydrogens (tertiary/aromatic N) is 1. The first-order chi connectivity index (χ1) is 8.36. The average Bonchev–Trinajstić information content (AvgIpc) is 2.36. The van der Waals surface area contributed by atoms with Crippen molar-refractivity contribution < 1.29 is 27.1 Å². The maximum atomic E-state index is 12.5. The Bertz CT molecular complexity index is 409. The molecule has 100 valence electrons. The van der Waals surface area contributed by atoms with Crippen LogP contribution in [-0.2, 0) is 0 Å². The van der Waals surface area contributed by atoms with E-state index in [1.807, 2.05) is 0 Å². The number of alkyl halides is 4. The molecule has 0 aromatic carbocycles. The number of hydrogen-bond acceptors (Lipinski definition) is 3. The minimum Gasteiger partial charge on any atom is -0.471 e. The number of ether oxygens (including phenoxy) is 1. The van der Waals surface area contributed by atoms with Crippen LogP contribution in [0.1, 0.15) is 10.4 Å². The highest BCUT2D eigenvalue weighted by Crippen LogP contribution is 2.23. The number of hydrogen-bond donors (Lipinski definition) is 1. The highest BCUT2D eigenvalue weighted by atomic mass is 19.3. The van der Waals surface area contributed by atoms with E-state index < -0.39 is 24.9 Å². The summed E-state index contributed by atoms with van der Waals surface area (Å²) in [6.07, 6.45) is -2.71. The largest absolute Gasteiger partial charge is 0.471 e. The van der Waals surface area contributed by atoms with Crippen molar-refractivity contribution in [2.24, 2.45) is 0 Å². The van der Waals surface area contributed by atoms with Crippen LogP contribution in [0.2, 0.25) is 0 Å². The van der Waals surface area contributed by atoms with Gasteiger partial charge in [-0.3, -0.25) is 4.79 Å². The lowest BCUT2D eigenvalue weighted by molar-refractivity contribution is -0.148. The molecule has 1 aromatic heterocycles. The van der Waals surface area contributed by atoms with E-state index in [9.17, 15) is 22.4 Å². The van der Waals surface area contributed by atoms with Crippen LogP contribution in [0.15, 0.2) is 18.3 Å². The molecule has 0 fully saturated rings. The first-order valence-corrected chi connectivity index (χ1v) is 4.83. The van der Waals surface area contributed by atoms with E-state index in [4.69, 9.17) is 0 Å². The molecule has 8 heteroatoms. The minimum atomic E-state index is -4.23. The molecule has 0 unspecified atom stereocenters. The topological polar surface area (TPSA) is 51.2 Å². The Labute approximate surface area is 100.0 Å². The standard InChI is InChI=1S/C10H10F4N2O2/c1-15-8(17)6-2-3-7(16-4-6)18-5-10(13,14)9(11)12/h2-4,9H,5H2,1H3,(H,15,17). The van der Waals surface area contributed by atoms with E-state index in [1.54, 1.807) is 0 Å². The maximum absolute atomic E-state index is 12.5. The van der Waals surface area contributed by atoms with Gasteiger partial charge in [0.25, 0.3) is 5.91 Å². The van der Waals surface area contributed by atoms with Crippen molar-refractivity contribution in [2.75, 3.05) is 13.7 Å². The Kier molecular flexibility index (Phi) is 4.46. The molecule has 1 heterocycles. The van der Waals surface area contributed by atoms with Crippen molar-refractivity contribution in [2.45, 2.75) is 12.3 Å². The molecule has 0 radical (unpaired) electrons. The summed E-state index contributed by atoms with van der Waals surface area (Å²) in [7, 11) is 1.41. The van der Waals surface area contributed by atoms with E-state index in [2.05, 4.69) is 15.0 Å². The van der Waals surface area contributed by atoms with Gasteiger partial charge in [-0.05, 0) is 6.07 Å². The third-order valence-electron chi connectivity index (χ3n) is 1.96. The molecule has 1 amide bonds. The Hall–Kier alpha value is -1.86. The van der Waals surface area contributed by atoms with E-state index >= 15 is 0 Å². The summed E-state index contributed by atoms with van der Waals surface area (Å²) in [5.41, 5.74) is 0.200. The monoisotopic (exact) mass is 266 g/mol. The summed E-state index contributed by atoms with van der Waals surface area (Å²) in [5.74, 6) is -4.91. The molecule has 0 saturated carbocycles. The van der Waals surface area contributed by atoms with Gasteiger partial charge < -0.3 is 10.1 Å². The van der Waals surface area contributed by atoms with Gasteiger partial charge in [-0.25, -0.2) is 13.8 Å². The number of aromatic nitrogens is 1. The van der Waals surface area contributed by atoms with Gasteiger partial charge in [-0.15, -0.1) is 0 Å². The first-order valence-electron chi connectivity index (χ1n) is 4.83. The fraction of sp³-hybridized carbons (Fsp3) is 0.400. The molecule has 0 spiro atoms. The van der Waals surface area contributed by atoms with Gasteiger partial charge in [0.2, 0.25) is 5.88 Å². The fourth-order valence-corrected chi connectivity index (χ4v) is 0.977. The minimum absolute atomic E-state index is 0.200. The van der Waals surface area contributed by atoms with Gasteiger partial charge >= 0.3 is 12.3 Å². The van der Waals surface area contributed by atoms with Crippen LogP contribution in [0, 0.1) is 0 Å². The van der Waals surface area contributed by atoms with Crippen molar-refractivity contribution in [3.8, 4) is 5.88 Å². The van der Waals surface area contributed by atoms with Gasteiger partial charge in [-0.2, -0.15) is 8.78 Å². The van der Waals surface area contributed by atoms with Crippen molar-refractivity contribution in [3.05, 3.63) is 23.9 Å². The molecule has 1 N–H and O–H groups in total. The lowest BCUT2D eigenvalue weighted by atomic mass is 10.3. The summed E-state index contributed by atoms with van der Waals surface area (Å²) in [5, 5.41) is 2.33. The zero-order valence-electron chi connectivity index (χ0n) is 9.29. The molecular formula is C10H10F4N2O2. The number of carbonyl (C=O) groups is 1. The lowest BCUT2D eigenvalue weighted by Crippen LogP contribution is -2.33.